The molecule has 3 aromatic carbocycles. The van der Waals surface area contributed by atoms with Gasteiger partial charge in [-0.25, -0.2) is 9.38 Å². The van der Waals surface area contributed by atoms with Crippen LogP contribution in [0, 0.1) is 5.82 Å². The minimum atomic E-state index is -1.23. The maximum Gasteiger partial charge on any atom is 0.261 e. The summed E-state index contributed by atoms with van der Waals surface area (Å²) in [5.74, 6) is 0.0914. The molecule has 2 unspecified atom stereocenters. The molecule has 180 valence electrons. The van der Waals surface area contributed by atoms with Gasteiger partial charge in [-0.05, 0) is 65.9 Å². The third kappa shape index (κ3) is 4.06. The first-order valence-corrected chi connectivity index (χ1v) is 12.0. The number of benzene rings is 3. The molecule has 0 saturated heterocycles. The summed E-state index contributed by atoms with van der Waals surface area (Å²) < 4.78 is 20.6. The van der Waals surface area contributed by atoms with E-state index in [-0.39, 0.29) is 11.9 Å². The van der Waals surface area contributed by atoms with Crippen molar-refractivity contribution < 1.29 is 13.9 Å². The normalized spacial score (nSPS) is 23.3. The number of nitrogens with two attached hydrogens (primary N) is 1. The van der Waals surface area contributed by atoms with Crippen molar-refractivity contribution in [2.45, 2.75) is 44.2 Å². The number of hydrogen-bond acceptors (Lipinski definition) is 4. The van der Waals surface area contributed by atoms with Crippen LogP contribution in [0.4, 0.5) is 4.39 Å². The van der Waals surface area contributed by atoms with Crippen LogP contribution in [0.1, 0.15) is 37.0 Å². The van der Waals surface area contributed by atoms with Crippen LogP contribution in [0.15, 0.2) is 65.7 Å². The Kier molecular flexibility index (Phi) is 5.59. The van der Waals surface area contributed by atoms with Gasteiger partial charge in [0.2, 0.25) is 0 Å². The fourth-order valence-electron chi connectivity index (χ4n) is 5.26. The molecule has 2 aliphatic rings. The standard InChI is InChI=1S/C28H27ClFN3O2/c1-4-17-6-5-7-18(10-17)15-27(2)16-28(25(34)33(3)26(31)32-28)23-13-19(8-9-24(23)35-27)20-11-21(29)14-22(30)12-20/h5-14H,4,15-16H2,1-3H3,(H2,31,32). The number of amides is 1. The molecule has 5 rings (SSSR count). The average Bonchev–Trinajstić information content (AvgIpc) is 3.01. The number of aryl methyl sites for hydroxylation is 1. The van der Waals surface area contributed by atoms with E-state index in [2.05, 4.69) is 25.1 Å². The summed E-state index contributed by atoms with van der Waals surface area (Å²) in [5.41, 5.74) is 8.53. The van der Waals surface area contributed by atoms with E-state index in [1.807, 2.05) is 31.2 Å². The predicted molar refractivity (Wildman–Crippen MR) is 136 cm³/mol. The molecule has 3 aromatic rings. The fourth-order valence-corrected chi connectivity index (χ4v) is 5.48. The number of guanidine groups is 1. The largest absolute Gasteiger partial charge is 0.487 e. The van der Waals surface area contributed by atoms with Gasteiger partial charge in [0.1, 0.15) is 17.2 Å². The Labute approximate surface area is 209 Å². The molecule has 7 heteroatoms. The lowest BCUT2D eigenvalue weighted by atomic mass is 9.74. The van der Waals surface area contributed by atoms with E-state index >= 15 is 0 Å². The van der Waals surface area contributed by atoms with Crippen LogP contribution < -0.4 is 10.5 Å². The molecule has 0 fully saturated rings. The predicted octanol–water partition coefficient (Wildman–Crippen LogP) is 5.47. The summed E-state index contributed by atoms with van der Waals surface area (Å²) in [7, 11) is 1.63. The van der Waals surface area contributed by atoms with Crippen LogP contribution in [-0.4, -0.2) is 29.4 Å². The van der Waals surface area contributed by atoms with Crippen LogP contribution >= 0.6 is 11.6 Å². The van der Waals surface area contributed by atoms with Crippen molar-refractivity contribution in [1.29, 1.82) is 0 Å². The van der Waals surface area contributed by atoms with E-state index < -0.39 is 17.0 Å². The van der Waals surface area contributed by atoms with Gasteiger partial charge in [0, 0.05) is 30.5 Å². The number of aliphatic imine (C=N–C) groups is 1. The second kappa shape index (κ2) is 8.38. The average molecular weight is 492 g/mol. The van der Waals surface area contributed by atoms with E-state index in [4.69, 9.17) is 27.1 Å². The topological polar surface area (TPSA) is 67.9 Å². The van der Waals surface area contributed by atoms with Crippen molar-refractivity contribution >= 4 is 23.5 Å². The molecule has 5 nitrogen and oxygen atoms in total. The van der Waals surface area contributed by atoms with Crippen LogP contribution in [0.3, 0.4) is 0 Å². The Morgan fingerprint density at radius 2 is 1.89 bits per heavy atom. The van der Waals surface area contributed by atoms with Crippen molar-refractivity contribution in [2.24, 2.45) is 10.7 Å². The van der Waals surface area contributed by atoms with E-state index in [1.165, 1.54) is 22.6 Å². The van der Waals surface area contributed by atoms with Gasteiger partial charge >= 0.3 is 0 Å². The van der Waals surface area contributed by atoms with E-state index in [9.17, 15) is 9.18 Å². The number of ether oxygens (including phenoxy) is 1. The monoisotopic (exact) mass is 491 g/mol. The number of hydrogen-bond donors (Lipinski definition) is 1. The van der Waals surface area contributed by atoms with Crippen molar-refractivity contribution in [3.8, 4) is 16.9 Å². The third-order valence-electron chi connectivity index (χ3n) is 6.89. The van der Waals surface area contributed by atoms with Gasteiger partial charge in [0.15, 0.2) is 11.5 Å². The number of nitrogens with zero attached hydrogens (tertiary/aromatic N) is 2. The number of likely N-dealkylation sites (N-methyl/N-ethyl adjacent to an activating group) is 1. The van der Waals surface area contributed by atoms with E-state index in [1.54, 1.807) is 13.1 Å². The Hall–Kier alpha value is -3.38. The lowest BCUT2D eigenvalue weighted by molar-refractivity contribution is -0.133. The van der Waals surface area contributed by atoms with Gasteiger partial charge in [-0.1, -0.05) is 48.9 Å². The molecule has 2 aliphatic heterocycles. The minimum Gasteiger partial charge on any atom is -0.487 e. The van der Waals surface area contributed by atoms with E-state index in [0.29, 0.717) is 40.3 Å². The third-order valence-corrected chi connectivity index (χ3v) is 7.11. The zero-order chi connectivity index (χ0) is 25.0. The lowest BCUT2D eigenvalue weighted by Crippen LogP contribution is -2.51. The molecule has 0 radical (unpaired) electrons. The summed E-state index contributed by atoms with van der Waals surface area (Å²) in [5, 5.41) is 0.296. The molecule has 0 bridgehead atoms. The number of carbonyl (C=O) groups excluding carboxylic acids is 1. The summed E-state index contributed by atoms with van der Waals surface area (Å²) >= 11 is 6.10. The molecular formula is C28H27ClFN3O2. The maximum atomic E-state index is 14.1. The number of carbonyl (C=O) groups is 1. The van der Waals surface area contributed by atoms with Crippen molar-refractivity contribution in [1.82, 2.24) is 4.90 Å². The minimum absolute atomic E-state index is 0.164. The summed E-state index contributed by atoms with van der Waals surface area (Å²) in [6.45, 7) is 4.13. The van der Waals surface area contributed by atoms with Crippen molar-refractivity contribution in [3.63, 3.8) is 0 Å². The highest BCUT2D eigenvalue weighted by molar-refractivity contribution is 6.30. The molecule has 0 aromatic heterocycles. The second-order valence-corrected chi connectivity index (χ2v) is 10.1. The second-order valence-electron chi connectivity index (χ2n) is 9.64. The SMILES string of the molecule is CCc1cccc(CC2(C)CC3(N=C(N)N(C)C3=O)c3cc(-c4cc(F)cc(Cl)c4)ccc3O2)c1. The Balaban J connectivity index is 1.63. The molecule has 2 heterocycles. The first kappa shape index (κ1) is 23.4. The zero-order valence-electron chi connectivity index (χ0n) is 19.9. The van der Waals surface area contributed by atoms with Gasteiger partial charge in [-0.3, -0.25) is 9.69 Å². The highest BCUT2D eigenvalue weighted by atomic mass is 35.5. The van der Waals surface area contributed by atoms with Gasteiger partial charge in [-0.2, -0.15) is 0 Å². The summed E-state index contributed by atoms with van der Waals surface area (Å²) in [4.78, 5) is 19.7. The number of fused-ring (bicyclic) bond motifs is 2. The first-order valence-electron chi connectivity index (χ1n) is 11.6. The Morgan fingerprint density at radius 3 is 2.57 bits per heavy atom. The molecule has 2 atom stereocenters. The van der Waals surface area contributed by atoms with Crippen LogP contribution in [0.25, 0.3) is 11.1 Å². The van der Waals surface area contributed by atoms with Gasteiger partial charge < -0.3 is 10.5 Å². The highest BCUT2D eigenvalue weighted by Gasteiger charge is 2.56. The summed E-state index contributed by atoms with van der Waals surface area (Å²) in [6.07, 6.45) is 1.87. The van der Waals surface area contributed by atoms with Gasteiger partial charge in [0.25, 0.3) is 5.91 Å². The quantitative estimate of drug-likeness (QED) is 0.526. The maximum absolute atomic E-state index is 14.1. The molecule has 2 N–H and O–H groups in total. The number of halogens is 2. The highest BCUT2D eigenvalue weighted by Crippen LogP contribution is 2.50. The molecule has 0 saturated carbocycles. The molecule has 35 heavy (non-hydrogen) atoms. The molecule has 1 amide bonds. The molecule has 1 spiro atoms. The Bertz CT molecular complexity index is 1350. The van der Waals surface area contributed by atoms with Crippen molar-refractivity contribution in [2.75, 3.05) is 7.05 Å². The van der Waals surface area contributed by atoms with Crippen LogP contribution in [-0.2, 0) is 23.2 Å². The summed E-state index contributed by atoms with van der Waals surface area (Å²) in [6, 6.07) is 18.3. The van der Waals surface area contributed by atoms with Gasteiger partial charge in [-0.15, -0.1) is 0 Å². The first-order chi connectivity index (χ1) is 16.6. The molecular weight excluding hydrogens is 465 g/mol. The van der Waals surface area contributed by atoms with E-state index in [0.717, 1.165) is 12.0 Å². The van der Waals surface area contributed by atoms with Crippen molar-refractivity contribution in [3.05, 3.63) is 88.2 Å². The number of rotatable bonds is 4. The lowest BCUT2D eigenvalue weighted by Gasteiger charge is -2.43. The van der Waals surface area contributed by atoms with Gasteiger partial charge in [0.05, 0.1) is 0 Å². The van der Waals surface area contributed by atoms with Crippen LogP contribution in [0.5, 0.6) is 5.75 Å². The fraction of sp³-hybridized carbons (Fsp3) is 0.286. The smallest absolute Gasteiger partial charge is 0.261 e. The zero-order valence-corrected chi connectivity index (χ0v) is 20.7. The van der Waals surface area contributed by atoms with Crippen LogP contribution in [0.2, 0.25) is 5.02 Å². The molecule has 0 aliphatic carbocycles. The Morgan fingerprint density at radius 1 is 1.11 bits per heavy atom.